The molecule has 9 heteroatoms. The van der Waals surface area contributed by atoms with Crippen LogP contribution in [0.25, 0.3) is 0 Å². The van der Waals surface area contributed by atoms with Gasteiger partial charge in [-0.15, -0.1) is 5.10 Å². The minimum atomic E-state index is -0.791. The number of anilines is 1. The molecule has 1 amide bonds. The molecule has 6 nitrogen and oxygen atoms in total. The summed E-state index contributed by atoms with van der Waals surface area (Å²) >= 11 is 0.865. The largest absolute Gasteiger partial charge is 0.451 e. The molecular formula is C13H11F2N3O3S. The molecule has 0 aliphatic carbocycles. The lowest BCUT2D eigenvalue weighted by Gasteiger charge is -2.07. The predicted molar refractivity (Wildman–Crippen MR) is 74.6 cm³/mol. The standard InChI is InChI=1S/C13H11F2N3O3S/c1-2-9-12(22-18-17-9)13(20)21-6-11(19)16-10-5-7(14)3-4-8(10)15/h3-5H,2,6H2,1H3,(H,16,19). The van der Waals surface area contributed by atoms with Crippen LogP contribution >= 0.6 is 11.5 Å². The van der Waals surface area contributed by atoms with Crippen LogP contribution in [0.15, 0.2) is 18.2 Å². The van der Waals surface area contributed by atoms with Gasteiger partial charge in [-0.25, -0.2) is 13.6 Å². The Labute approximate surface area is 128 Å². The van der Waals surface area contributed by atoms with Crippen LogP contribution in [0, 0.1) is 11.6 Å². The van der Waals surface area contributed by atoms with Crippen molar-refractivity contribution < 1.29 is 23.1 Å². The summed E-state index contributed by atoms with van der Waals surface area (Å²) in [5.74, 6) is -3.01. The van der Waals surface area contributed by atoms with Crippen molar-refractivity contribution in [1.29, 1.82) is 0 Å². The molecule has 1 N–H and O–H groups in total. The van der Waals surface area contributed by atoms with Gasteiger partial charge < -0.3 is 10.1 Å². The van der Waals surface area contributed by atoms with E-state index in [2.05, 4.69) is 14.9 Å². The summed E-state index contributed by atoms with van der Waals surface area (Å²) in [6.45, 7) is 1.17. The molecule has 22 heavy (non-hydrogen) atoms. The van der Waals surface area contributed by atoms with E-state index in [4.69, 9.17) is 4.74 Å². The van der Waals surface area contributed by atoms with Gasteiger partial charge >= 0.3 is 5.97 Å². The lowest BCUT2D eigenvalue weighted by Crippen LogP contribution is -2.21. The van der Waals surface area contributed by atoms with Crippen molar-refractivity contribution >= 4 is 29.1 Å². The number of aromatic nitrogens is 2. The Balaban J connectivity index is 1.93. The number of carbonyl (C=O) groups is 2. The zero-order valence-electron chi connectivity index (χ0n) is 11.4. The van der Waals surface area contributed by atoms with Gasteiger partial charge in [0.15, 0.2) is 11.5 Å². The molecule has 0 aliphatic heterocycles. The maximum atomic E-state index is 13.3. The number of esters is 1. The van der Waals surface area contributed by atoms with Gasteiger partial charge in [0.05, 0.1) is 11.4 Å². The van der Waals surface area contributed by atoms with E-state index in [-0.39, 0.29) is 10.6 Å². The number of carbonyl (C=O) groups excluding carboxylic acids is 2. The zero-order chi connectivity index (χ0) is 16.1. The molecule has 1 heterocycles. The van der Waals surface area contributed by atoms with E-state index in [1.165, 1.54) is 0 Å². The first-order chi connectivity index (χ1) is 10.5. The highest BCUT2D eigenvalue weighted by Crippen LogP contribution is 2.15. The first-order valence-electron chi connectivity index (χ1n) is 6.24. The van der Waals surface area contributed by atoms with E-state index in [1.54, 1.807) is 6.92 Å². The molecule has 2 rings (SSSR count). The number of hydrogen-bond acceptors (Lipinski definition) is 6. The van der Waals surface area contributed by atoms with Crippen molar-refractivity contribution in [3.63, 3.8) is 0 Å². The van der Waals surface area contributed by atoms with Gasteiger partial charge in [0, 0.05) is 6.07 Å². The fourth-order valence-corrected chi connectivity index (χ4v) is 2.22. The van der Waals surface area contributed by atoms with E-state index in [0.29, 0.717) is 12.1 Å². The van der Waals surface area contributed by atoms with Crippen molar-refractivity contribution in [1.82, 2.24) is 9.59 Å². The molecule has 116 valence electrons. The van der Waals surface area contributed by atoms with Gasteiger partial charge in [-0.05, 0) is 30.1 Å². The average molecular weight is 327 g/mol. The predicted octanol–water partition coefficient (Wildman–Crippen LogP) is 2.17. The van der Waals surface area contributed by atoms with Crippen LogP contribution in [-0.4, -0.2) is 28.1 Å². The topological polar surface area (TPSA) is 81.2 Å². The molecule has 0 spiro atoms. The Bertz CT molecular complexity index is 706. The number of ether oxygens (including phenoxy) is 1. The van der Waals surface area contributed by atoms with E-state index in [1.807, 2.05) is 0 Å². The fraction of sp³-hybridized carbons (Fsp3) is 0.231. The minimum Gasteiger partial charge on any atom is -0.451 e. The summed E-state index contributed by atoms with van der Waals surface area (Å²) < 4.78 is 34.7. The number of nitrogens with one attached hydrogen (secondary N) is 1. The summed E-state index contributed by atoms with van der Waals surface area (Å²) in [7, 11) is 0. The van der Waals surface area contributed by atoms with Crippen molar-refractivity contribution in [2.75, 3.05) is 11.9 Å². The maximum Gasteiger partial charge on any atom is 0.352 e. The minimum absolute atomic E-state index is 0.215. The van der Waals surface area contributed by atoms with Crippen LogP contribution in [0.2, 0.25) is 0 Å². The quantitative estimate of drug-likeness (QED) is 0.851. The van der Waals surface area contributed by atoms with E-state index in [0.717, 1.165) is 29.7 Å². The highest BCUT2D eigenvalue weighted by atomic mass is 32.1. The van der Waals surface area contributed by atoms with Gasteiger partial charge in [0.2, 0.25) is 0 Å². The van der Waals surface area contributed by atoms with Gasteiger partial charge in [-0.3, -0.25) is 4.79 Å². The van der Waals surface area contributed by atoms with Crippen LogP contribution in [0.5, 0.6) is 0 Å². The second-order valence-corrected chi connectivity index (χ2v) is 4.90. The van der Waals surface area contributed by atoms with Crippen molar-refractivity contribution in [2.24, 2.45) is 0 Å². The third-order valence-electron chi connectivity index (χ3n) is 2.61. The molecule has 0 fully saturated rings. The monoisotopic (exact) mass is 327 g/mol. The first-order valence-corrected chi connectivity index (χ1v) is 7.01. The highest BCUT2D eigenvalue weighted by Gasteiger charge is 2.18. The van der Waals surface area contributed by atoms with E-state index < -0.39 is 30.1 Å². The second kappa shape index (κ2) is 7.03. The second-order valence-electron chi connectivity index (χ2n) is 4.15. The molecule has 0 aliphatic rings. The number of nitrogens with zero attached hydrogens (tertiary/aromatic N) is 2. The molecular weight excluding hydrogens is 316 g/mol. The van der Waals surface area contributed by atoms with Gasteiger partial charge in [-0.2, -0.15) is 0 Å². The van der Waals surface area contributed by atoms with Gasteiger partial charge in [0.1, 0.15) is 11.6 Å². The average Bonchev–Trinajstić information content (AvgIpc) is 2.97. The molecule has 0 saturated heterocycles. The summed E-state index contributed by atoms with van der Waals surface area (Å²) in [4.78, 5) is 23.6. The normalized spacial score (nSPS) is 10.3. The summed E-state index contributed by atoms with van der Waals surface area (Å²) in [5, 5.41) is 5.87. The van der Waals surface area contributed by atoms with Crippen LogP contribution in [0.3, 0.4) is 0 Å². The first kappa shape index (κ1) is 16.0. The molecule has 0 bridgehead atoms. The lowest BCUT2D eigenvalue weighted by molar-refractivity contribution is -0.119. The Morgan fingerprint density at radius 2 is 2.14 bits per heavy atom. The third kappa shape index (κ3) is 3.82. The van der Waals surface area contributed by atoms with Crippen LogP contribution in [0.1, 0.15) is 22.3 Å². The van der Waals surface area contributed by atoms with Crippen molar-refractivity contribution in [3.8, 4) is 0 Å². The summed E-state index contributed by atoms with van der Waals surface area (Å²) in [5.41, 5.74) is 0.154. The number of benzene rings is 1. The van der Waals surface area contributed by atoms with Crippen LogP contribution in [0.4, 0.5) is 14.5 Å². The van der Waals surface area contributed by atoms with Crippen molar-refractivity contribution in [2.45, 2.75) is 13.3 Å². The lowest BCUT2D eigenvalue weighted by atomic mass is 10.3. The SMILES string of the molecule is CCc1nnsc1C(=O)OCC(=O)Nc1cc(F)ccc1F. The number of rotatable bonds is 5. The Morgan fingerprint density at radius 1 is 1.36 bits per heavy atom. The van der Waals surface area contributed by atoms with Crippen molar-refractivity contribution in [3.05, 3.63) is 40.4 Å². The smallest absolute Gasteiger partial charge is 0.352 e. The zero-order valence-corrected chi connectivity index (χ0v) is 12.2. The molecule has 0 saturated carbocycles. The third-order valence-corrected chi connectivity index (χ3v) is 3.36. The highest BCUT2D eigenvalue weighted by molar-refractivity contribution is 7.07. The Morgan fingerprint density at radius 3 is 2.86 bits per heavy atom. The number of amides is 1. The molecule has 2 aromatic rings. The number of aryl methyl sites for hydroxylation is 1. The van der Waals surface area contributed by atoms with E-state index in [9.17, 15) is 18.4 Å². The van der Waals surface area contributed by atoms with Gasteiger partial charge in [-0.1, -0.05) is 11.4 Å². The van der Waals surface area contributed by atoms with Gasteiger partial charge in [0.25, 0.3) is 5.91 Å². The fourth-order valence-electron chi connectivity index (χ4n) is 1.57. The van der Waals surface area contributed by atoms with Crippen LogP contribution in [-0.2, 0) is 16.0 Å². The summed E-state index contributed by atoms with van der Waals surface area (Å²) in [6.07, 6.45) is 0.502. The molecule has 1 aromatic heterocycles. The maximum absolute atomic E-state index is 13.3. The molecule has 0 unspecified atom stereocenters. The Kier molecular flexibility index (Phi) is 5.10. The molecule has 1 aromatic carbocycles. The Hall–Kier alpha value is -2.42. The van der Waals surface area contributed by atoms with Crippen LogP contribution < -0.4 is 5.32 Å². The molecule has 0 radical (unpaired) electrons. The number of halogens is 2. The molecule has 0 atom stereocenters. The summed E-state index contributed by atoms with van der Waals surface area (Å²) in [6, 6.07) is 2.64. The van der Waals surface area contributed by atoms with E-state index >= 15 is 0 Å². The number of hydrogen-bond donors (Lipinski definition) is 1.